The van der Waals surface area contributed by atoms with E-state index in [9.17, 15) is 18.0 Å². The SMILES string of the molecule is CC(C)(C)OC(=O)C12C=C(Oc3ccccc3CC(F)(F)F)C(NC3CC3)(CC1)CC2. The summed E-state index contributed by atoms with van der Waals surface area (Å²) >= 11 is 0. The number of rotatable bonds is 6. The average Bonchev–Trinajstić information content (AvgIpc) is 3.46. The third kappa shape index (κ3) is 4.92. The number of carbonyl (C=O) groups excluding carboxylic acids is 1. The van der Waals surface area contributed by atoms with Crippen LogP contribution in [-0.4, -0.2) is 29.3 Å². The van der Waals surface area contributed by atoms with Crippen LogP contribution in [0.2, 0.25) is 0 Å². The molecule has 5 rings (SSSR count). The van der Waals surface area contributed by atoms with E-state index >= 15 is 0 Å². The number of esters is 1. The Balaban J connectivity index is 1.68. The fraction of sp³-hybridized carbons (Fsp3) is 0.625. The van der Waals surface area contributed by atoms with Crippen LogP contribution in [0.15, 0.2) is 36.1 Å². The Hall–Kier alpha value is -2.02. The molecule has 0 atom stereocenters. The van der Waals surface area contributed by atoms with Crippen molar-refractivity contribution in [2.24, 2.45) is 5.41 Å². The highest BCUT2D eigenvalue weighted by atomic mass is 19.4. The Morgan fingerprint density at radius 3 is 2.32 bits per heavy atom. The van der Waals surface area contributed by atoms with Gasteiger partial charge >= 0.3 is 12.1 Å². The molecule has 1 aromatic rings. The van der Waals surface area contributed by atoms with Gasteiger partial charge in [-0.2, -0.15) is 13.2 Å². The average molecular weight is 438 g/mol. The van der Waals surface area contributed by atoms with E-state index in [2.05, 4.69) is 5.32 Å². The van der Waals surface area contributed by atoms with Gasteiger partial charge in [0.2, 0.25) is 0 Å². The number of alkyl halides is 3. The van der Waals surface area contributed by atoms with Crippen LogP contribution in [0, 0.1) is 5.41 Å². The Morgan fingerprint density at radius 1 is 1.10 bits per heavy atom. The van der Waals surface area contributed by atoms with Gasteiger partial charge in [0.05, 0.1) is 17.4 Å². The Bertz CT molecular complexity index is 873. The second-order valence-corrected chi connectivity index (χ2v) is 10.2. The number of para-hydroxylation sites is 1. The van der Waals surface area contributed by atoms with Gasteiger partial charge in [0.15, 0.2) is 0 Å². The second-order valence-electron chi connectivity index (χ2n) is 10.2. The lowest BCUT2D eigenvalue weighted by atomic mass is 9.60. The third-order valence-corrected chi connectivity index (χ3v) is 6.32. The number of ether oxygens (including phenoxy) is 2. The first-order chi connectivity index (χ1) is 14.4. The minimum Gasteiger partial charge on any atom is -0.460 e. The molecule has 0 amide bonds. The van der Waals surface area contributed by atoms with Crippen LogP contribution in [-0.2, 0) is 16.0 Å². The number of hydrogen-bond donors (Lipinski definition) is 1. The number of halogens is 3. The van der Waals surface area contributed by atoms with Gasteiger partial charge in [0.25, 0.3) is 0 Å². The van der Waals surface area contributed by atoms with Gasteiger partial charge in [-0.15, -0.1) is 0 Å². The lowest BCUT2D eigenvalue weighted by Gasteiger charge is -2.51. The molecule has 2 bridgehead atoms. The summed E-state index contributed by atoms with van der Waals surface area (Å²) in [5.41, 5.74) is -1.77. The van der Waals surface area contributed by atoms with Crippen molar-refractivity contribution in [2.75, 3.05) is 0 Å². The van der Waals surface area contributed by atoms with Gasteiger partial charge in [0, 0.05) is 11.6 Å². The zero-order chi connectivity index (χ0) is 22.5. The molecule has 0 saturated heterocycles. The lowest BCUT2D eigenvalue weighted by Crippen LogP contribution is -2.58. The molecular formula is C24H30F3NO3. The fourth-order valence-electron chi connectivity index (χ4n) is 4.59. The van der Waals surface area contributed by atoms with E-state index in [0.29, 0.717) is 37.5 Å². The van der Waals surface area contributed by atoms with Crippen molar-refractivity contribution in [3.63, 3.8) is 0 Å². The lowest BCUT2D eigenvalue weighted by molar-refractivity contribution is -0.168. The maximum atomic E-state index is 13.1. The van der Waals surface area contributed by atoms with Crippen LogP contribution < -0.4 is 10.1 Å². The number of fused-ring (bicyclic) bond motifs is 2. The van der Waals surface area contributed by atoms with Crippen molar-refractivity contribution in [3.8, 4) is 5.75 Å². The van der Waals surface area contributed by atoms with E-state index in [4.69, 9.17) is 9.47 Å². The molecule has 0 radical (unpaired) electrons. The van der Waals surface area contributed by atoms with Crippen LogP contribution in [0.3, 0.4) is 0 Å². The van der Waals surface area contributed by atoms with E-state index in [1.807, 2.05) is 26.8 Å². The van der Waals surface area contributed by atoms with Crippen LogP contribution >= 0.6 is 0 Å². The number of hydrogen-bond acceptors (Lipinski definition) is 4. The van der Waals surface area contributed by atoms with Crippen LogP contribution in [0.5, 0.6) is 5.75 Å². The summed E-state index contributed by atoms with van der Waals surface area (Å²) in [4.78, 5) is 13.1. The van der Waals surface area contributed by atoms with Crippen molar-refractivity contribution in [1.82, 2.24) is 5.32 Å². The van der Waals surface area contributed by atoms with Gasteiger partial charge in [-0.25, -0.2) is 0 Å². The smallest absolute Gasteiger partial charge is 0.393 e. The van der Waals surface area contributed by atoms with Crippen molar-refractivity contribution in [2.45, 2.75) is 89.1 Å². The minimum atomic E-state index is -4.33. The molecular weight excluding hydrogens is 407 g/mol. The molecule has 2 fully saturated rings. The van der Waals surface area contributed by atoms with Crippen molar-refractivity contribution in [3.05, 3.63) is 41.7 Å². The summed E-state index contributed by atoms with van der Waals surface area (Å²) in [5, 5.41) is 3.67. The van der Waals surface area contributed by atoms with E-state index in [1.54, 1.807) is 18.2 Å². The van der Waals surface area contributed by atoms with Gasteiger partial charge in [-0.05, 0) is 71.4 Å². The monoisotopic (exact) mass is 437 g/mol. The molecule has 170 valence electrons. The largest absolute Gasteiger partial charge is 0.460 e. The fourth-order valence-corrected chi connectivity index (χ4v) is 4.59. The molecule has 1 aromatic carbocycles. The van der Waals surface area contributed by atoms with Gasteiger partial charge < -0.3 is 14.8 Å². The first-order valence-electron chi connectivity index (χ1n) is 11.0. The number of carbonyl (C=O) groups is 1. The van der Waals surface area contributed by atoms with E-state index in [0.717, 1.165) is 12.8 Å². The van der Waals surface area contributed by atoms with E-state index < -0.39 is 29.2 Å². The summed E-state index contributed by atoms with van der Waals surface area (Å²) in [6.07, 6.45) is 1.25. The molecule has 0 heterocycles. The molecule has 7 heteroatoms. The van der Waals surface area contributed by atoms with E-state index in [-0.39, 0.29) is 17.3 Å². The zero-order valence-electron chi connectivity index (χ0n) is 18.3. The topological polar surface area (TPSA) is 47.6 Å². The molecule has 2 saturated carbocycles. The first kappa shape index (κ1) is 22.2. The summed E-state index contributed by atoms with van der Waals surface area (Å²) < 4.78 is 51.2. The van der Waals surface area contributed by atoms with Crippen LogP contribution in [0.4, 0.5) is 13.2 Å². The number of benzene rings is 1. The Labute approximate surface area is 181 Å². The standard InChI is InChI=1S/C24H30F3NO3/c1-21(2,3)31-20(29)22-10-12-23(13-11-22,28-17-8-9-17)19(15-22)30-18-7-5-4-6-16(18)14-24(25,26)27/h4-7,15,17,28H,8-14H2,1-3H3. The predicted octanol–water partition coefficient (Wildman–Crippen LogP) is 5.46. The van der Waals surface area contributed by atoms with Gasteiger partial charge in [-0.1, -0.05) is 18.2 Å². The van der Waals surface area contributed by atoms with Gasteiger partial charge in [0.1, 0.15) is 17.1 Å². The van der Waals surface area contributed by atoms with Crippen molar-refractivity contribution in [1.29, 1.82) is 0 Å². The third-order valence-electron chi connectivity index (χ3n) is 6.32. The molecule has 0 spiro atoms. The molecule has 0 unspecified atom stereocenters. The molecule has 0 aromatic heterocycles. The van der Waals surface area contributed by atoms with Crippen molar-refractivity contribution >= 4 is 5.97 Å². The highest BCUT2D eigenvalue weighted by Crippen LogP contribution is 2.53. The molecule has 4 aliphatic rings. The molecule has 4 aliphatic carbocycles. The van der Waals surface area contributed by atoms with Crippen LogP contribution in [0.1, 0.15) is 64.9 Å². The maximum absolute atomic E-state index is 13.1. The first-order valence-corrected chi connectivity index (χ1v) is 11.0. The molecule has 0 aliphatic heterocycles. The summed E-state index contributed by atoms with van der Waals surface area (Å²) in [7, 11) is 0. The van der Waals surface area contributed by atoms with Crippen molar-refractivity contribution < 1.29 is 27.4 Å². The highest BCUT2D eigenvalue weighted by Gasteiger charge is 2.56. The quantitative estimate of drug-likeness (QED) is 0.601. The zero-order valence-corrected chi connectivity index (χ0v) is 18.3. The Morgan fingerprint density at radius 2 is 1.74 bits per heavy atom. The normalized spacial score (nSPS) is 28.3. The summed E-state index contributed by atoms with van der Waals surface area (Å²) in [6.45, 7) is 5.50. The Kier molecular flexibility index (Phi) is 5.39. The maximum Gasteiger partial charge on any atom is 0.393 e. The molecule has 4 nitrogen and oxygen atoms in total. The molecule has 1 N–H and O–H groups in total. The molecule has 31 heavy (non-hydrogen) atoms. The number of nitrogens with one attached hydrogen (secondary N) is 1. The summed E-state index contributed by atoms with van der Waals surface area (Å²) in [6, 6.07) is 6.64. The second kappa shape index (κ2) is 7.54. The minimum absolute atomic E-state index is 0.0882. The summed E-state index contributed by atoms with van der Waals surface area (Å²) in [5.74, 6) is 0.455. The van der Waals surface area contributed by atoms with E-state index in [1.165, 1.54) is 6.07 Å². The van der Waals surface area contributed by atoms with Crippen LogP contribution in [0.25, 0.3) is 0 Å². The predicted molar refractivity (Wildman–Crippen MR) is 111 cm³/mol. The van der Waals surface area contributed by atoms with Gasteiger partial charge in [-0.3, -0.25) is 4.79 Å². The highest BCUT2D eigenvalue weighted by molar-refractivity contribution is 5.81.